The fourth-order valence-corrected chi connectivity index (χ4v) is 2.53. The smallest absolute Gasteiger partial charge is 0.410 e. The quantitative estimate of drug-likeness (QED) is 0.862. The number of benzene rings is 1. The zero-order chi connectivity index (χ0) is 18.9. The Bertz CT molecular complexity index is 827. The third-order valence-corrected chi connectivity index (χ3v) is 3.97. The molecule has 0 spiro atoms. The molecule has 0 unspecified atom stereocenters. The number of nitrogens with zero attached hydrogens (tertiary/aromatic N) is 3. The maximum Gasteiger partial charge on any atom is 0.410 e. The number of aliphatic carboxylic acids is 1. The predicted octanol–water partition coefficient (Wildman–Crippen LogP) is 3.79. The van der Waals surface area contributed by atoms with Crippen LogP contribution in [0.25, 0.3) is 11.0 Å². The van der Waals surface area contributed by atoms with Crippen LogP contribution in [0.4, 0.5) is 4.79 Å². The Kier molecular flexibility index (Phi) is 5.49. The van der Waals surface area contributed by atoms with Gasteiger partial charge in [-0.3, -0.25) is 4.79 Å². The summed E-state index contributed by atoms with van der Waals surface area (Å²) in [7, 11) is 1.55. The van der Waals surface area contributed by atoms with E-state index < -0.39 is 17.7 Å². The summed E-state index contributed by atoms with van der Waals surface area (Å²) in [5.41, 5.74) is 0.403. The minimum atomic E-state index is -1.04. The molecule has 0 aliphatic rings. The molecule has 1 heterocycles. The highest BCUT2D eigenvalue weighted by atomic mass is 35.5. The summed E-state index contributed by atoms with van der Waals surface area (Å²) in [5, 5.41) is 9.80. The van der Waals surface area contributed by atoms with Gasteiger partial charge in [-0.05, 0) is 32.9 Å². The fraction of sp³-hybridized carbons (Fsp3) is 0.438. The van der Waals surface area contributed by atoms with Crippen molar-refractivity contribution in [1.82, 2.24) is 14.5 Å². The number of carbonyl (C=O) groups is 2. The van der Waals surface area contributed by atoms with Gasteiger partial charge in [-0.2, -0.15) is 0 Å². The molecule has 1 amide bonds. The molecule has 0 saturated carbocycles. The van der Waals surface area contributed by atoms with E-state index in [1.54, 1.807) is 40.0 Å². The average molecular weight is 388 g/mol. The largest absolute Gasteiger partial charge is 0.480 e. The van der Waals surface area contributed by atoms with Crippen LogP contribution < -0.4 is 0 Å². The highest BCUT2D eigenvalue weighted by Gasteiger charge is 2.22. The van der Waals surface area contributed by atoms with Gasteiger partial charge in [0.15, 0.2) is 0 Å². The molecular formula is C16H19Cl2N3O4. The third kappa shape index (κ3) is 4.76. The van der Waals surface area contributed by atoms with E-state index in [-0.39, 0.29) is 13.1 Å². The minimum absolute atomic E-state index is 0.0755. The Labute approximate surface area is 155 Å². The fourth-order valence-electron chi connectivity index (χ4n) is 2.22. The summed E-state index contributed by atoms with van der Waals surface area (Å²) in [6, 6.07) is 3.13. The molecule has 0 aliphatic carbocycles. The number of ether oxygens (including phenoxy) is 1. The second kappa shape index (κ2) is 7.09. The predicted molar refractivity (Wildman–Crippen MR) is 95.1 cm³/mol. The number of rotatable bonds is 4. The molecule has 2 rings (SSSR count). The zero-order valence-electron chi connectivity index (χ0n) is 14.3. The molecule has 1 N–H and O–H groups in total. The van der Waals surface area contributed by atoms with Gasteiger partial charge in [0, 0.05) is 7.05 Å². The van der Waals surface area contributed by atoms with Gasteiger partial charge in [-0.25, -0.2) is 9.78 Å². The Hall–Kier alpha value is -1.99. The molecule has 1 aromatic heterocycles. The van der Waals surface area contributed by atoms with E-state index in [0.29, 0.717) is 26.9 Å². The van der Waals surface area contributed by atoms with E-state index in [4.69, 9.17) is 27.9 Å². The molecule has 25 heavy (non-hydrogen) atoms. The van der Waals surface area contributed by atoms with Crippen molar-refractivity contribution in [2.45, 2.75) is 39.5 Å². The van der Waals surface area contributed by atoms with Crippen molar-refractivity contribution >= 4 is 46.3 Å². The molecule has 0 bridgehead atoms. The lowest BCUT2D eigenvalue weighted by molar-refractivity contribution is -0.137. The van der Waals surface area contributed by atoms with E-state index >= 15 is 0 Å². The van der Waals surface area contributed by atoms with Crippen LogP contribution in [0, 0.1) is 0 Å². The zero-order valence-corrected chi connectivity index (χ0v) is 15.9. The van der Waals surface area contributed by atoms with Crippen molar-refractivity contribution in [2.75, 3.05) is 7.05 Å². The first-order chi connectivity index (χ1) is 11.5. The molecule has 2 aromatic rings. The molecule has 7 nitrogen and oxygen atoms in total. The molecule has 0 saturated heterocycles. The van der Waals surface area contributed by atoms with Gasteiger partial charge in [0.1, 0.15) is 18.0 Å². The summed E-state index contributed by atoms with van der Waals surface area (Å²) in [5.74, 6) is -0.643. The molecule has 0 fully saturated rings. The Morgan fingerprint density at radius 3 is 2.44 bits per heavy atom. The van der Waals surface area contributed by atoms with E-state index in [2.05, 4.69) is 4.98 Å². The number of imidazole rings is 1. The van der Waals surface area contributed by atoms with Crippen molar-refractivity contribution in [1.29, 1.82) is 0 Å². The van der Waals surface area contributed by atoms with Gasteiger partial charge in [0.2, 0.25) is 0 Å². The first kappa shape index (κ1) is 19.3. The second-order valence-corrected chi connectivity index (χ2v) is 7.41. The van der Waals surface area contributed by atoms with E-state index in [9.17, 15) is 14.7 Å². The van der Waals surface area contributed by atoms with Gasteiger partial charge < -0.3 is 19.3 Å². The second-order valence-electron chi connectivity index (χ2n) is 6.60. The maximum absolute atomic E-state index is 12.1. The van der Waals surface area contributed by atoms with Crippen LogP contribution in [0.5, 0.6) is 0 Å². The van der Waals surface area contributed by atoms with Gasteiger partial charge in [0.25, 0.3) is 0 Å². The molecule has 0 aliphatic heterocycles. The van der Waals surface area contributed by atoms with Crippen LogP contribution in [-0.4, -0.2) is 44.3 Å². The monoisotopic (exact) mass is 387 g/mol. The lowest BCUT2D eigenvalue weighted by Gasteiger charge is -2.24. The number of carbonyl (C=O) groups excluding carboxylic acids is 1. The van der Waals surface area contributed by atoms with Crippen molar-refractivity contribution in [3.8, 4) is 0 Å². The SMILES string of the molecule is CN(Cc1nc2cc(Cl)c(Cl)cc2n1CC(=O)O)C(=O)OC(C)(C)C. The number of aromatic nitrogens is 2. The normalized spacial score (nSPS) is 11.6. The first-order valence-corrected chi connectivity index (χ1v) is 8.23. The number of carboxylic acid groups (broad SMARTS) is 1. The van der Waals surface area contributed by atoms with Crippen LogP contribution in [-0.2, 0) is 22.6 Å². The topological polar surface area (TPSA) is 84.7 Å². The molecular weight excluding hydrogens is 369 g/mol. The highest BCUT2D eigenvalue weighted by Crippen LogP contribution is 2.28. The molecule has 0 atom stereocenters. The van der Waals surface area contributed by atoms with Gasteiger partial charge >= 0.3 is 12.1 Å². The van der Waals surface area contributed by atoms with Crippen LogP contribution in [0.2, 0.25) is 10.0 Å². The lowest BCUT2D eigenvalue weighted by Crippen LogP contribution is -2.34. The summed E-state index contributed by atoms with van der Waals surface area (Å²) in [4.78, 5) is 29.1. The van der Waals surface area contributed by atoms with E-state index in [1.165, 1.54) is 9.47 Å². The van der Waals surface area contributed by atoms with Crippen LogP contribution in [0.15, 0.2) is 12.1 Å². The summed E-state index contributed by atoms with van der Waals surface area (Å²) in [6.07, 6.45) is -0.530. The van der Waals surface area contributed by atoms with Gasteiger partial charge in [0.05, 0.1) is 27.6 Å². The van der Waals surface area contributed by atoms with Crippen LogP contribution >= 0.6 is 23.2 Å². The first-order valence-electron chi connectivity index (χ1n) is 7.48. The van der Waals surface area contributed by atoms with Crippen molar-refractivity contribution in [3.05, 3.63) is 28.0 Å². The van der Waals surface area contributed by atoms with E-state index in [0.717, 1.165) is 0 Å². The van der Waals surface area contributed by atoms with Crippen LogP contribution in [0.3, 0.4) is 0 Å². The Balaban J connectivity index is 2.39. The van der Waals surface area contributed by atoms with Crippen molar-refractivity contribution in [2.24, 2.45) is 0 Å². The molecule has 0 radical (unpaired) electrons. The van der Waals surface area contributed by atoms with Crippen molar-refractivity contribution in [3.63, 3.8) is 0 Å². The Morgan fingerprint density at radius 2 is 1.88 bits per heavy atom. The standard InChI is InChI=1S/C16H19Cl2N3O4/c1-16(2,3)25-15(24)20(4)7-13-19-11-5-9(17)10(18)6-12(11)21(13)8-14(22)23/h5-6H,7-8H2,1-4H3,(H,22,23). The maximum atomic E-state index is 12.1. The number of amides is 1. The van der Waals surface area contributed by atoms with Crippen molar-refractivity contribution < 1.29 is 19.4 Å². The summed E-state index contributed by atoms with van der Waals surface area (Å²) in [6.45, 7) is 5.06. The van der Waals surface area contributed by atoms with Gasteiger partial charge in [-0.15, -0.1) is 0 Å². The average Bonchev–Trinajstić information content (AvgIpc) is 2.74. The van der Waals surface area contributed by atoms with Crippen LogP contribution in [0.1, 0.15) is 26.6 Å². The number of carboxylic acids is 1. The number of hydrogen-bond donors (Lipinski definition) is 1. The van der Waals surface area contributed by atoms with E-state index in [1.807, 2.05) is 0 Å². The molecule has 9 heteroatoms. The van der Waals surface area contributed by atoms with Gasteiger partial charge in [-0.1, -0.05) is 23.2 Å². The number of hydrogen-bond acceptors (Lipinski definition) is 4. The number of fused-ring (bicyclic) bond motifs is 1. The molecule has 136 valence electrons. The Morgan fingerprint density at radius 1 is 1.28 bits per heavy atom. The summed E-state index contributed by atoms with van der Waals surface area (Å²) >= 11 is 12.0. The summed E-state index contributed by atoms with van der Waals surface area (Å²) < 4.78 is 6.78. The lowest BCUT2D eigenvalue weighted by atomic mass is 10.2. The number of halogens is 2. The molecule has 1 aromatic carbocycles. The third-order valence-electron chi connectivity index (χ3n) is 3.25. The minimum Gasteiger partial charge on any atom is -0.480 e. The highest BCUT2D eigenvalue weighted by molar-refractivity contribution is 6.42.